The number of hydrogen-bond acceptors (Lipinski definition) is 3. The predicted molar refractivity (Wildman–Crippen MR) is 78.3 cm³/mol. The highest BCUT2D eigenvalue weighted by atomic mass is 16.6. The Morgan fingerprint density at radius 1 is 1.32 bits per heavy atom. The molecule has 0 aromatic rings. The Morgan fingerprint density at radius 2 is 1.89 bits per heavy atom. The second kappa shape index (κ2) is 6.60. The highest BCUT2D eigenvalue weighted by Crippen LogP contribution is 2.38. The molecule has 4 nitrogen and oxygen atoms in total. The van der Waals surface area contributed by atoms with E-state index in [1.54, 1.807) is 0 Å². The van der Waals surface area contributed by atoms with Crippen LogP contribution in [0, 0.1) is 5.41 Å². The van der Waals surface area contributed by atoms with Gasteiger partial charge in [-0.1, -0.05) is 13.3 Å². The topological polar surface area (TPSA) is 41.6 Å². The Bertz CT molecular complexity index is 289. The number of carbonyl (C=O) groups is 1. The van der Waals surface area contributed by atoms with E-state index in [0.29, 0.717) is 5.41 Å². The lowest BCUT2D eigenvalue weighted by atomic mass is 9.73. The first kappa shape index (κ1) is 16.3. The molecule has 1 saturated heterocycles. The van der Waals surface area contributed by atoms with Crippen molar-refractivity contribution in [1.29, 1.82) is 0 Å². The molecular weight excluding hydrogens is 240 g/mol. The van der Waals surface area contributed by atoms with Crippen molar-refractivity contribution in [2.24, 2.45) is 5.41 Å². The van der Waals surface area contributed by atoms with Crippen LogP contribution in [0.25, 0.3) is 0 Å². The third kappa shape index (κ3) is 5.01. The van der Waals surface area contributed by atoms with Crippen LogP contribution >= 0.6 is 0 Å². The van der Waals surface area contributed by atoms with Crippen molar-refractivity contribution in [3.8, 4) is 0 Å². The second-order valence-corrected chi connectivity index (χ2v) is 6.67. The first-order valence-electron chi connectivity index (χ1n) is 7.44. The van der Waals surface area contributed by atoms with E-state index in [9.17, 15) is 4.79 Å². The molecule has 0 atom stereocenters. The van der Waals surface area contributed by atoms with E-state index in [1.807, 2.05) is 32.7 Å². The zero-order chi connectivity index (χ0) is 14.5. The van der Waals surface area contributed by atoms with E-state index >= 15 is 0 Å². The predicted octanol–water partition coefficient (Wildman–Crippen LogP) is 3.02. The number of amides is 1. The fourth-order valence-electron chi connectivity index (χ4n) is 2.66. The molecule has 1 fully saturated rings. The van der Waals surface area contributed by atoms with Crippen molar-refractivity contribution in [2.75, 3.05) is 26.7 Å². The normalized spacial score (nSPS) is 19.3. The van der Waals surface area contributed by atoms with Gasteiger partial charge in [-0.15, -0.1) is 0 Å². The molecule has 0 aromatic carbocycles. The Hall–Kier alpha value is -0.770. The zero-order valence-electron chi connectivity index (χ0n) is 13.2. The molecule has 1 aliphatic heterocycles. The average molecular weight is 270 g/mol. The van der Waals surface area contributed by atoms with Crippen molar-refractivity contribution >= 4 is 6.09 Å². The van der Waals surface area contributed by atoms with E-state index in [1.165, 1.54) is 12.8 Å². The molecule has 0 saturated carbocycles. The fraction of sp³-hybridized carbons (Fsp3) is 0.933. The van der Waals surface area contributed by atoms with Crippen molar-refractivity contribution in [2.45, 2.75) is 59.0 Å². The van der Waals surface area contributed by atoms with E-state index in [2.05, 4.69) is 12.2 Å². The van der Waals surface area contributed by atoms with Crippen molar-refractivity contribution in [3.63, 3.8) is 0 Å². The summed E-state index contributed by atoms with van der Waals surface area (Å²) in [6, 6.07) is 0. The minimum atomic E-state index is -0.400. The fourth-order valence-corrected chi connectivity index (χ4v) is 2.66. The van der Waals surface area contributed by atoms with Crippen LogP contribution in [0.5, 0.6) is 0 Å². The number of hydrogen-bond donors (Lipinski definition) is 1. The summed E-state index contributed by atoms with van der Waals surface area (Å²) in [7, 11) is 2.00. The van der Waals surface area contributed by atoms with Crippen LogP contribution in [0.1, 0.15) is 53.4 Å². The number of ether oxygens (including phenoxy) is 1. The molecule has 1 rings (SSSR count). The van der Waals surface area contributed by atoms with Crippen molar-refractivity contribution < 1.29 is 9.53 Å². The van der Waals surface area contributed by atoms with E-state index in [4.69, 9.17) is 4.74 Å². The summed E-state index contributed by atoms with van der Waals surface area (Å²) in [5, 5.41) is 3.23. The molecule has 0 aliphatic carbocycles. The van der Waals surface area contributed by atoms with Gasteiger partial charge in [-0.25, -0.2) is 4.79 Å². The highest BCUT2D eigenvalue weighted by Gasteiger charge is 2.35. The summed E-state index contributed by atoms with van der Waals surface area (Å²) in [4.78, 5) is 13.9. The third-order valence-corrected chi connectivity index (χ3v) is 4.13. The summed E-state index contributed by atoms with van der Waals surface area (Å²) in [5.74, 6) is 0. The van der Waals surface area contributed by atoms with Gasteiger partial charge in [-0.3, -0.25) is 0 Å². The second-order valence-electron chi connectivity index (χ2n) is 6.67. The molecule has 0 unspecified atom stereocenters. The third-order valence-electron chi connectivity index (χ3n) is 4.13. The molecule has 0 aromatic heterocycles. The van der Waals surface area contributed by atoms with Gasteiger partial charge in [-0.2, -0.15) is 0 Å². The van der Waals surface area contributed by atoms with Crippen LogP contribution in [-0.2, 0) is 4.74 Å². The standard InChI is InChI=1S/C15H30N2O2/c1-6-15(7-10-16-5)8-11-17(12-9-15)13(18)19-14(2,3)4/h16H,6-12H2,1-5H3. The summed E-state index contributed by atoms with van der Waals surface area (Å²) in [5.41, 5.74) is 0.00400. The lowest BCUT2D eigenvalue weighted by Crippen LogP contribution is -2.45. The first-order chi connectivity index (χ1) is 8.82. The lowest BCUT2D eigenvalue weighted by molar-refractivity contribution is 0.00840. The molecule has 0 bridgehead atoms. The first-order valence-corrected chi connectivity index (χ1v) is 7.44. The zero-order valence-corrected chi connectivity index (χ0v) is 13.2. The Morgan fingerprint density at radius 3 is 2.32 bits per heavy atom. The minimum Gasteiger partial charge on any atom is -0.444 e. The van der Waals surface area contributed by atoms with E-state index in [0.717, 1.165) is 32.5 Å². The number of nitrogens with one attached hydrogen (secondary N) is 1. The molecule has 1 heterocycles. The van der Waals surface area contributed by atoms with Crippen LogP contribution in [0.15, 0.2) is 0 Å². The molecule has 0 spiro atoms. The Kier molecular flexibility index (Phi) is 5.65. The quantitative estimate of drug-likeness (QED) is 0.853. The van der Waals surface area contributed by atoms with Crippen LogP contribution in [-0.4, -0.2) is 43.3 Å². The van der Waals surface area contributed by atoms with Crippen LogP contribution < -0.4 is 5.32 Å². The molecule has 1 aliphatic rings. The van der Waals surface area contributed by atoms with E-state index < -0.39 is 5.60 Å². The maximum atomic E-state index is 12.0. The van der Waals surface area contributed by atoms with Crippen molar-refractivity contribution in [1.82, 2.24) is 10.2 Å². The van der Waals surface area contributed by atoms with E-state index in [-0.39, 0.29) is 6.09 Å². The van der Waals surface area contributed by atoms with Gasteiger partial charge in [0.15, 0.2) is 0 Å². The summed E-state index contributed by atoms with van der Waals surface area (Å²) in [6.07, 6.45) is 4.40. The van der Waals surface area contributed by atoms with Gasteiger partial charge in [0.25, 0.3) is 0 Å². The molecule has 1 amide bonds. The molecule has 4 heteroatoms. The largest absolute Gasteiger partial charge is 0.444 e. The van der Waals surface area contributed by atoms with Crippen LogP contribution in [0.3, 0.4) is 0 Å². The summed E-state index contributed by atoms with van der Waals surface area (Å²) in [6.45, 7) is 10.7. The van der Waals surface area contributed by atoms with Gasteiger partial charge < -0.3 is 15.0 Å². The Labute approximate surface area is 117 Å². The molecular formula is C15H30N2O2. The van der Waals surface area contributed by atoms with Gasteiger partial charge in [0.1, 0.15) is 5.60 Å². The number of rotatable bonds is 4. The summed E-state index contributed by atoms with van der Waals surface area (Å²) >= 11 is 0. The van der Waals surface area contributed by atoms with Gasteiger partial charge in [0, 0.05) is 13.1 Å². The smallest absolute Gasteiger partial charge is 0.410 e. The SMILES string of the molecule is CCC1(CCNC)CCN(C(=O)OC(C)(C)C)CC1. The number of piperidine rings is 1. The Balaban J connectivity index is 2.49. The van der Waals surface area contributed by atoms with Crippen molar-refractivity contribution in [3.05, 3.63) is 0 Å². The molecule has 112 valence electrons. The minimum absolute atomic E-state index is 0.161. The molecule has 0 radical (unpaired) electrons. The van der Waals surface area contributed by atoms with Gasteiger partial charge in [0.05, 0.1) is 0 Å². The van der Waals surface area contributed by atoms with Gasteiger partial charge in [-0.05, 0) is 59.0 Å². The maximum absolute atomic E-state index is 12.0. The summed E-state index contributed by atoms with van der Waals surface area (Å²) < 4.78 is 5.43. The van der Waals surface area contributed by atoms with Gasteiger partial charge >= 0.3 is 6.09 Å². The monoisotopic (exact) mass is 270 g/mol. The maximum Gasteiger partial charge on any atom is 0.410 e. The molecule has 19 heavy (non-hydrogen) atoms. The average Bonchev–Trinajstić information content (AvgIpc) is 2.35. The lowest BCUT2D eigenvalue weighted by Gasteiger charge is -2.41. The number of carbonyl (C=O) groups excluding carboxylic acids is 1. The molecule has 1 N–H and O–H groups in total. The van der Waals surface area contributed by atoms with Crippen LogP contribution in [0.4, 0.5) is 4.79 Å². The number of likely N-dealkylation sites (tertiary alicyclic amines) is 1. The highest BCUT2D eigenvalue weighted by molar-refractivity contribution is 5.68. The van der Waals surface area contributed by atoms with Gasteiger partial charge in [0.2, 0.25) is 0 Å². The van der Waals surface area contributed by atoms with Crippen LogP contribution in [0.2, 0.25) is 0 Å². The number of nitrogens with zero attached hydrogens (tertiary/aromatic N) is 1.